The van der Waals surface area contributed by atoms with Crippen molar-refractivity contribution >= 4 is 17.5 Å². The number of ether oxygens (including phenoxy) is 2. The molecule has 0 bridgehead atoms. The van der Waals surface area contributed by atoms with Gasteiger partial charge in [0.2, 0.25) is 0 Å². The smallest absolute Gasteiger partial charge is 0.255 e. The number of methoxy groups -OCH3 is 2. The van der Waals surface area contributed by atoms with Crippen LogP contribution in [0.25, 0.3) is 0 Å². The fraction of sp³-hybridized carbons (Fsp3) is 0.235. The highest BCUT2D eigenvalue weighted by molar-refractivity contribution is 6.30. The topological polar surface area (TPSA) is 47.6 Å². The number of hydrogen-bond acceptors (Lipinski definition) is 3. The van der Waals surface area contributed by atoms with Gasteiger partial charge in [0.1, 0.15) is 0 Å². The summed E-state index contributed by atoms with van der Waals surface area (Å²) < 4.78 is 10.5. The van der Waals surface area contributed by atoms with E-state index in [2.05, 4.69) is 5.32 Å². The summed E-state index contributed by atoms with van der Waals surface area (Å²) in [4.78, 5) is 12.5. The molecule has 5 heteroatoms. The molecule has 0 saturated carbocycles. The molecule has 22 heavy (non-hydrogen) atoms. The van der Waals surface area contributed by atoms with Gasteiger partial charge in [-0.25, -0.2) is 0 Å². The zero-order valence-electron chi connectivity index (χ0n) is 12.7. The zero-order chi connectivity index (χ0) is 16.1. The zero-order valence-corrected chi connectivity index (χ0v) is 13.5. The van der Waals surface area contributed by atoms with Gasteiger partial charge >= 0.3 is 0 Å². The van der Waals surface area contributed by atoms with Crippen LogP contribution in [-0.2, 0) is 0 Å². The van der Waals surface area contributed by atoms with Crippen LogP contribution in [0, 0.1) is 0 Å². The summed E-state index contributed by atoms with van der Waals surface area (Å²) in [5.74, 6) is 0.703. The Morgan fingerprint density at radius 3 is 2.50 bits per heavy atom. The van der Waals surface area contributed by atoms with Gasteiger partial charge in [0.05, 0.1) is 25.8 Å². The molecule has 0 aliphatic heterocycles. The fourth-order valence-corrected chi connectivity index (χ4v) is 2.40. The highest BCUT2D eigenvalue weighted by atomic mass is 35.5. The van der Waals surface area contributed by atoms with Crippen molar-refractivity contribution in [1.82, 2.24) is 5.32 Å². The average Bonchev–Trinajstić information content (AvgIpc) is 2.53. The average molecular weight is 320 g/mol. The van der Waals surface area contributed by atoms with Crippen LogP contribution in [0.5, 0.6) is 11.5 Å². The second-order valence-corrected chi connectivity index (χ2v) is 5.23. The monoisotopic (exact) mass is 319 g/mol. The normalized spacial score (nSPS) is 11.6. The predicted octanol–water partition coefficient (Wildman–Crippen LogP) is 3.85. The Bertz CT molecular complexity index is 673. The highest BCUT2D eigenvalue weighted by Crippen LogP contribution is 2.31. The van der Waals surface area contributed by atoms with Crippen molar-refractivity contribution in [3.63, 3.8) is 0 Å². The minimum atomic E-state index is -0.233. The van der Waals surface area contributed by atoms with Crippen LogP contribution in [0.4, 0.5) is 0 Å². The van der Waals surface area contributed by atoms with Crippen molar-refractivity contribution in [3.05, 3.63) is 58.6 Å². The molecule has 1 atom stereocenters. The molecule has 0 saturated heterocycles. The number of benzene rings is 2. The Kier molecular flexibility index (Phi) is 5.28. The third kappa shape index (κ3) is 3.52. The van der Waals surface area contributed by atoms with E-state index in [1.807, 2.05) is 25.1 Å². The van der Waals surface area contributed by atoms with Crippen LogP contribution >= 0.6 is 11.6 Å². The lowest BCUT2D eigenvalue weighted by Crippen LogP contribution is -2.27. The van der Waals surface area contributed by atoms with Gasteiger partial charge in [-0.15, -0.1) is 0 Å². The maximum atomic E-state index is 12.5. The first-order valence-electron chi connectivity index (χ1n) is 6.84. The van der Waals surface area contributed by atoms with Crippen LogP contribution < -0.4 is 14.8 Å². The van der Waals surface area contributed by atoms with Gasteiger partial charge in [-0.05, 0) is 36.8 Å². The second-order valence-electron chi connectivity index (χ2n) is 4.79. The van der Waals surface area contributed by atoms with Gasteiger partial charge in [-0.2, -0.15) is 0 Å². The third-order valence-electron chi connectivity index (χ3n) is 3.34. The molecular formula is C17H18ClNO3. The van der Waals surface area contributed by atoms with Crippen LogP contribution in [0.2, 0.25) is 5.02 Å². The van der Waals surface area contributed by atoms with Gasteiger partial charge in [-0.1, -0.05) is 29.8 Å². The number of carbonyl (C=O) groups excluding carboxylic acids is 1. The summed E-state index contributed by atoms with van der Waals surface area (Å²) in [5, 5.41) is 3.57. The Morgan fingerprint density at radius 2 is 1.86 bits per heavy atom. The van der Waals surface area contributed by atoms with Crippen molar-refractivity contribution in [1.29, 1.82) is 0 Å². The van der Waals surface area contributed by atoms with Crippen LogP contribution in [0.3, 0.4) is 0 Å². The van der Waals surface area contributed by atoms with Crippen LogP contribution in [0.15, 0.2) is 42.5 Å². The molecule has 0 aliphatic carbocycles. The van der Waals surface area contributed by atoms with E-state index >= 15 is 0 Å². The first-order chi connectivity index (χ1) is 10.6. The van der Waals surface area contributed by atoms with Crippen molar-refractivity contribution in [2.75, 3.05) is 14.2 Å². The maximum absolute atomic E-state index is 12.5. The van der Waals surface area contributed by atoms with Crippen LogP contribution in [0.1, 0.15) is 28.9 Å². The molecule has 2 aromatic carbocycles. The maximum Gasteiger partial charge on any atom is 0.255 e. The first kappa shape index (κ1) is 16.2. The van der Waals surface area contributed by atoms with Crippen LogP contribution in [-0.4, -0.2) is 20.1 Å². The highest BCUT2D eigenvalue weighted by Gasteiger charge is 2.18. The number of rotatable bonds is 5. The largest absolute Gasteiger partial charge is 0.493 e. The molecule has 0 heterocycles. The molecule has 2 rings (SSSR count). The molecule has 4 nitrogen and oxygen atoms in total. The second kappa shape index (κ2) is 7.18. The lowest BCUT2D eigenvalue weighted by atomic mass is 10.1. The minimum Gasteiger partial charge on any atom is -0.493 e. The van der Waals surface area contributed by atoms with E-state index in [9.17, 15) is 4.79 Å². The SMILES string of the molecule is COc1cccc(C(=O)NC(C)c2cccc(Cl)c2)c1OC. The molecule has 1 unspecified atom stereocenters. The minimum absolute atomic E-state index is 0.179. The van der Waals surface area contributed by atoms with Gasteiger partial charge < -0.3 is 14.8 Å². The van der Waals surface area contributed by atoms with Crippen molar-refractivity contribution < 1.29 is 14.3 Å². The molecule has 1 amide bonds. The summed E-state index contributed by atoms with van der Waals surface area (Å²) in [6, 6.07) is 12.4. The summed E-state index contributed by atoms with van der Waals surface area (Å²) in [6.07, 6.45) is 0. The molecule has 0 radical (unpaired) electrons. The van der Waals surface area contributed by atoms with E-state index in [-0.39, 0.29) is 11.9 Å². The predicted molar refractivity (Wildman–Crippen MR) is 86.9 cm³/mol. The number of nitrogens with one attached hydrogen (secondary N) is 1. The van der Waals surface area contributed by atoms with E-state index in [1.54, 1.807) is 24.3 Å². The van der Waals surface area contributed by atoms with Gasteiger partial charge in [-0.3, -0.25) is 4.79 Å². The molecule has 1 N–H and O–H groups in total. The number of para-hydroxylation sites is 1. The third-order valence-corrected chi connectivity index (χ3v) is 3.58. The Labute approximate surface area is 135 Å². The summed E-state index contributed by atoms with van der Waals surface area (Å²) in [6.45, 7) is 1.90. The fourth-order valence-electron chi connectivity index (χ4n) is 2.20. The van der Waals surface area contributed by atoms with E-state index in [0.29, 0.717) is 22.1 Å². The number of halogens is 1. The summed E-state index contributed by atoms with van der Waals surface area (Å²) in [5.41, 5.74) is 1.36. The molecular weight excluding hydrogens is 302 g/mol. The molecule has 0 spiro atoms. The number of carbonyl (C=O) groups is 1. The van der Waals surface area contributed by atoms with Gasteiger partial charge in [0, 0.05) is 5.02 Å². The van der Waals surface area contributed by atoms with E-state index in [4.69, 9.17) is 21.1 Å². The van der Waals surface area contributed by atoms with E-state index in [1.165, 1.54) is 14.2 Å². The molecule has 2 aromatic rings. The van der Waals surface area contributed by atoms with E-state index < -0.39 is 0 Å². The summed E-state index contributed by atoms with van der Waals surface area (Å²) in [7, 11) is 3.04. The number of amides is 1. The van der Waals surface area contributed by atoms with Crippen molar-refractivity contribution in [3.8, 4) is 11.5 Å². The molecule has 116 valence electrons. The Balaban J connectivity index is 2.22. The number of hydrogen-bond donors (Lipinski definition) is 1. The standard InChI is InChI=1S/C17H18ClNO3/c1-11(12-6-4-7-13(18)10-12)19-17(20)14-8-5-9-15(21-2)16(14)22-3/h4-11H,1-3H3,(H,19,20). The van der Waals surface area contributed by atoms with Gasteiger partial charge in [0.25, 0.3) is 5.91 Å². The lowest BCUT2D eigenvalue weighted by molar-refractivity contribution is 0.0936. The molecule has 0 aliphatic rings. The molecule has 0 fully saturated rings. The van der Waals surface area contributed by atoms with Crippen molar-refractivity contribution in [2.45, 2.75) is 13.0 Å². The van der Waals surface area contributed by atoms with Gasteiger partial charge in [0.15, 0.2) is 11.5 Å². The summed E-state index contributed by atoms with van der Waals surface area (Å²) >= 11 is 5.98. The Morgan fingerprint density at radius 1 is 1.14 bits per heavy atom. The first-order valence-corrected chi connectivity index (χ1v) is 7.22. The quantitative estimate of drug-likeness (QED) is 0.910. The molecule has 0 aromatic heterocycles. The van der Waals surface area contributed by atoms with Crippen molar-refractivity contribution in [2.24, 2.45) is 0 Å². The van der Waals surface area contributed by atoms with E-state index in [0.717, 1.165) is 5.56 Å². The lowest BCUT2D eigenvalue weighted by Gasteiger charge is -2.17. The Hall–Kier alpha value is -2.20.